The van der Waals surface area contributed by atoms with Gasteiger partial charge in [0.15, 0.2) is 0 Å². The third-order valence-electron chi connectivity index (χ3n) is 5.91. The molecule has 0 aliphatic rings. The van der Waals surface area contributed by atoms with Gasteiger partial charge in [0.2, 0.25) is 5.91 Å². The number of benzene rings is 3. The van der Waals surface area contributed by atoms with Crippen molar-refractivity contribution in [3.8, 4) is 5.75 Å². The molecular weight excluding hydrogens is 396 g/mol. The molecule has 0 radical (unpaired) electrons. The molecule has 0 aliphatic carbocycles. The summed E-state index contributed by atoms with van der Waals surface area (Å²) in [6, 6.07) is 24.5. The van der Waals surface area contributed by atoms with E-state index in [9.17, 15) is 4.79 Å². The Kier molecular flexibility index (Phi) is 6.90. The Balaban J connectivity index is 1.63. The Bertz CT molecular complexity index is 1160. The van der Waals surface area contributed by atoms with Crippen LogP contribution in [0.4, 0.5) is 0 Å². The van der Waals surface area contributed by atoms with Crippen molar-refractivity contribution < 1.29 is 9.53 Å². The van der Waals surface area contributed by atoms with Crippen molar-refractivity contribution in [2.24, 2.45) is 0 Å². The molecule has 0 fully saturated rings. The van der Waals surface area contributed by atoms with Crippen LogP contribution in [-0.2, 0) is 17.8 Å². The molecule has 4 heteroatoms. The lowest BCUT2D eigenvalue weighted by molar-refractivity contribution is -0.121. The van der Waals surface area contributed by atoms with Gasteiger partial charge >= 0.3 is 0 Å². The number of rotatable bonds is 9. The summed E-state index contributed by atoms with van der Waals surface area (Å²) in [5.41, 5.74) is 5.79. The second-order valence-corrected chi connectivity index (χ2v) is 7.96. The minimum absolute atomic E-state index is 0.0359. The number of H-pyrrole nitrogens is 1. The largest absolute Gasteiger partial charge is 0.494 e. The standard InChI is InChI=1S/C28H30N2O2/c1-3-21-11-8-12-24-26(19-30-28(21)24)25(22-13-15-23(16-14-22)32-4-2)17-27(31)29-18-20-9-6-5-7-10-20/h5-16,19,25,30H,3-4,17-18H2,1-2H3,(H,29,31). The maximum absolute atomic E-state index is 13.0. The van der Waals surface area contributed by atoms with Gasteiger partial charge in [0.25, 0.3) is 0 Å². The highest BCUT2D eigenvalue weighted by atomic mass is 16.5. The first kappa shape index (κ1) is 21.7. The molecular formula is C28H30N2O2. The highest BCUT2D eigenvalue weighted by Gasteiger charge is 2.22. The van der Waals surface area contributed by atoms with E-state index >= 15 is 0 Å². The number of hydrogen-bond donors (Lipinski definition) is 2. The van der Waals surface area contributed by atoms with Crippen molar-refractivity contribution in [1.82, 2.24) is 10.3 Å². The lowest BCUT2D eigenvalue weighted by Gasteiger charge is -2.18. The van der Waals surface area contributed by atoms with E-state index in [4.69, 9.17) is 4.74 Å². The zero-order valence-electron chi connectivity index (χ0n) is 18.7. The first-order chi connectivity index (χ1) is 15.7. The van der Waals surface area contributed by atoms with Gasteiger partial charge in [-0.3, -0.25) is 4.79 Å². The van der Waals surface area contributed by atoms with Crippen molar-refractivity contribution in [2.75, 3.05) is 6.61 Å². The summed E-state index contributed by atoms with van der Waals surface area (Å²) in [6.45, 7) is 5.30. The number of aromatic amines is 1. The van der Waals surface area contributed by atoms with Gasteiger partial charge in [-0.25, -0.2) is 0 Å². The Morgan fingerprint density at radius 3 is 2.47 bits per heavy atom. The normalized spacial score (nSPS) is 11.9. The Labute approximate surface area is 189 Å². The van der Waals surface area contributed by atoms with Crippen molar-refractivity contribution in [1.29, 1.82) is 0 Å². The van der Waals surface area contributed by atoms with Crippen molar-refractivity contribution in [2.45, 2.75) is 39.2 Å². The van der Waals surface area contributed by atoms with E-state index < -0.39 is 0 Å². The fourth-order valence-electron chi connectivity index (χ4n) is 4.25. The molecule has 0 bridgehead atoms. The van der Waals surface area contributed by atoms with Crippen molar-refractivity contribution in [3.63, 3.8) is 0 Å². The zero-order valence-corrected chi connectivity index (χ0v) is 18.7. The van der Waals surface area contributed by atoms with Gasteiger partial charge in [0, 0.05) is 36.0 Å². The molecule has 0 aliphatic heterocycles. The number of aromatic nitrogens is 1. The molecule has 0 saturated carbocycles. The summed E-state index contributed by atoms with van der Waals surface area (Å²) in [4.78, 5) is 16.4. The molecule has 1 atom stereocenters. The predicted octanol–water partition coefficient (Wildman–Crippen LogP) is 5.97. The maximum Gasteiger partial charge on any atom is 0.221 e. The average Bonchev–Trinajstić information content (AvgIpc) is 3.27. The number of fused-ring (bicyclic) bond motifs is 1. The first-order valence-corrected chi connectivity index (χ1v) is 11.3. The number of aryl methyl sites for hydroxylation is 1. The minimum atomic E-state index is -0.0534. The van der Waals surface area contributed by atoms with Crippen molar-refractivity contribution in [3.05, 3.63) is 101 Å². The van der Waals surface area contributed by atoms with Crippen molar-refractivity contribution >= 4 is 16.8 Å². The lowest BCUT2D eigenvalue weighted by atomic mass is 9.87. The van der Waals surface area contributed by atoms with Gasteiger partial charge in [-0.2, -0.15) is 0 Å². The van der Waals surface area contributed by atoms with Crippen LogP contribution in [-0.4, -0.2) is 17.5 Å². The molecule has 1 unspecified atom stereocenters. The van der Waals surface area contributed by atoms with E-state index in [1.165, 1.54) is 10.9 Å². The number of amides is 1. The third-order valence-corrected chi connectivity index (χ3v) is 5.91. The van der Waals surface area contributed by atoms with Crippen LogP contribution in [0.1, 0.15) is 48.4 Å². The molecule has 0 saturated heterocycles. The Morgan fingerprint density at radius 2 is 1.75 bits per heavy atom. The van der Waals surface area contributed by atoms with E-state index in [2.05, 4.69) is 53.8 Å². The molecule has 32 heavy (non-hydrogen) atoms. The first-order valence-electron chi connectivity index (χ1n) is 11.3. The van der Waals surface area contributed by atoms with Crippen LogP contribution in [0.5, 0.6) is 5.75 Å². The molecule has 1 aromatic heterocycles. The molecule has 1 heterocycles. The summed E-state index contributed by atoms with van der Waals surface area (Å²) in [5, 5.41) is 4.27. The molecule has 4 rings (SSSR count). The van der Waals surface area contributed by atoms with Crippen LogP contribution in [0.15, 0.2) is 79.0 Å². The summed E-state index contributed by atoms with van der Waals surface area (Å²) in [6.07, 6.45) is 3.40. The number of carbonyl (C=O) groups excluding carboxylic acids is 1. The highest BCUT2D eigenvalue weighted by Crippen LogP contribution is 2.35. The monoisotopic (exact) mass is 426 g/mol. The van der Waals surface area contributed by atoms with E-state index in [0.29, 0.717) is 19.6 Å². The van der Waals surface area contributed by atoms with Gasteiger partial charge in [-0.15, -0.1) is 0 Å². The van der Waals surface area contributed by atoms with Crippen LogP contribution < -0.4 is 10.1 Å². The second kappa shape index (κ2) is 10.2. The molecule has 2 N–H and O–H groups in total. The number of para-hydroxylation sites is 1. The van der Waals surface area contributed by atoms with E-state index in [0.717, 1.165) is 34.4 Å². The fraction of sp³-hybridized carbons (Fsp3) is 0.250. The molecule has 4 aromatic rings. The predicted molar refractivity (Wildman–Crippen MR) is 130 cm³/mol. The third kappa shape index (κ3) is 4.86. The number of carbonyl (C=O) groups is 1. The summed E-state index contributed by atoms with van der Waals surface area (Å²) in [7, 11) is 0. The lowest BCUT2D eigenvalue weighted by Crippen LogP contribution is -2.25. The quantitative estimate of drug-likeness (QED) is 0.347. The van der Waals surface area contributed by atoms with E-state index in [1.54, 1.807) is 0 Å². The Hall–Kier alpha value is -3.53. The second-order valence-electron chi connectivity index (χ2n) is 7.96. The molecule has 164 valence electrons. The van der Waals surface area contributed by atoms with E-state index in [-0.39, 0.29) is 11.8 Å². The van der Waals surface area contributed by atoms with Crippen LogP contribution >= 0.6 is 0 Å². The molecule has 1 amide bonds. The topological polar surface area (TPSA) is 54.1 Å². The number of hydrogen-bond acceptors (Lipinski definition) is 2. The van der Waals surface area contributed by atoms with E-state index in [1.807, 2.05) is 49.4 Å². The highest BCUT2D eigenvalue weighted by molar-refractivity contribution is 5.88. The zero-order chi connectivity index (χ0) is 22.3. The minimum Gasteiger partial charge on any atom is -0.494 e. The van der Waals surface area contributed by atoms with Gasteiger partial charge < -0.3 is 15.0 Å². The molecule has 3 aromatic carbocycles. The van der Waals surface area contributed by atoms with Gasteiger partial charge in [0.05, 0.1) is 6.61 Å². The number of nitrogens with one attached hydrogen (secondary N) is 2. The molecule has 0 spiro atoms. The van der Waals surface area contributed by atoms with Gasteiger partial charge in [0.1, 0.15) is 5.75 Å². The maximum atomic E-state index is 13.0. The SMILES string of the molecule is CCOc1ccc(C(CC(=O)NCc2ccccc2)c2c[nH]c3c(CC)cccc23)cc1. The van der Waals surface area contributed by atoms with Gasteiger partial charge in [-0.05, 0) is 47.7 Å². The average molecular weight is 427 g/mol. The van der Waals surface area contributed by atoms with Gasteiger partial charge in [-0.1, -0.05) is 67.6 Å². The molecule has 4 nitrogen and oxygen atoms in total. The van der Waals surface area contributed by atoms with Crippen LogP contribution in [0.2, 0.25) is 0 Å². The fourth-order valence-corrected chi connectivity index (χ4v) is 4.25. The number of ether oxygens (including phenoxy) is 1. The summed E-state index contributed by atoms with van der Waals surface area (Å²) in [5.74, 6) is 0.826. The van der Waals surface area contributed by atoms with Crippen LogP contribution in [0.3, 0.4) is 0 Å². The van der Waals surface area contributed by atoms with Crippen LogP contribution in [0.25, 0.3) is 10.9 Å². The Morgan fingerprint density at radius 1 is 0.969 bits per heavy atom. The smallest absolute Gasteiger partial charge is 0.221 e. The van der Waals surface area contributed by atoms with Crippen LogP contribution in [0, 0.1) is 0 Å². The summed E-state index contributed by atoms with van der Waals surface area (Å²) >= 11 is 0. The summed E-state index contributed by atoms with van der Waals surface area (Å²) < 4.78 is 5.62.